The fraction of sp³-hybridized carbons (Fsp3) is 0.417. The van der Waals surface area contributed by atoms with Crippen LogP contribution in [0.5, 0.6) is 0 Å². The maximum Gasteiger partial charge on any atom is 0.241 e. The van der Waals surface area contributed by atoms with Gasteiger partial charge in [0.1, 0.15) is 6.04 Å². The molecule has 4 N–H and O–H groups in total. The van der Waals surface area contributed by atoms with Gasteiger partial charge < -0.3 is 16.2 Å². The van der Waals surface area contributed by atoms with E-state index in [1.807, 2.05) is 37.3 Å². The number of aliphatic hydroxyl groups is 1. The molecule has 0 radical (unpaired) electrons. The summed E-state index contributed by atoms with van der Waals surface area (Å²) in [6.45, 7) is 1.83. The van der Waals surface area contributed by atoms with E-state index in [0.717, 1.165) is 5.56 Å². The molecule has 2 atom stereocenters. The number of hydrogen-bond acceptors (Lipinski definition) is 3. The second kappa shape index (κ2) is 6.25. The van der Waals surface area contributed by atoms with Crippen LogP contribution in [0.15, 0.2) is 30.3 Å². The first kappa shape index (κ1) is 12.7. The van der Waals surface area contributed by atoms with E-state index in [9.17, 15) is 4.79 Å². The van der Waals surface area contributed by atoms with Gasteiger partial charge in [-0.3, -0.25) is 4.79 Å². The van der Waals surface area contributed by atoms with Gasteiger partial charge >= 0.3 is 0 Å². The van der Waals surface area contributed by atoms with Crippen LogP contribution in [0.3, 0.4) is 0 Å². The largest absolute Gasteiger partial charge is 0.394 e. The van der Waals surface area contributed by atoms with Crippen LogP contribution in [0.1, 0.15) is 24.9 Å². The lowest BCUT2D eigenvalue weighted by Gasteiger charge is -2.17. The summed E-state index contributed by atoms with van der Waals surface area (Å²) in [7, 11) is 0. The fourth-order valence-electron chi connectivity index (χ4n) is 1.38. The lowest BCUT2D eigenvalue weighted by Crippen LogP contribution is -2.42. The van der Waals surface area contributed by atoms with E-state index in [1.54, 1.807) is 0 Å². The van der Waals surface area contributed by atoms with Gasteiger partial charge in [0, 0.05) is 0 Å². The number of carbonyl (C=O) groups excluding carboxylic acids is 1. The molecule has 0 saturated carbocycles. The van der Waals surface area contributed by atoms with Gasteiger partial charge in [0.05, 0.1) is 12.6 Å². The number of benzene rings is 1. The van der Waals surface area contributed by atoms with E-state index in [0.29, 0.717) is 6.42 Å². The average Bonchev–Trinajstić information content (AvgIpc) is 2.35. The molecule has 1 amide bonds. The molecule has 1 rings (SSSR count). The van der Waals surface area contributed by atoms with Gasteiger partial charge in [-0.1, -0.05) is 37.3 Å². The lowest BCUT2D eigenvalue weighted by molar-refractivity contribution is -0.123. The highest BCUT2D eigenvalue weighted by molar-refractivity contribution is 5.83. The molecule has 0 aromatic heterocycles. The van der Waals surface area contributed by atoms with Gasteiger partial charge in [-0.15, -0.1) is 0 Å². The molecule has 0 aliphatic rings. The number of amides is 1. The highest BCUT2D eigenvalue weighted by Gasteiger charge is 2.17. The minimum Gasteiger partial charge on any atom is -0.394 e. The van der Waals surface area contributed by atoms with Crippen LogP contribution in [0, 0.1) is 0 Å². The summed E-state index contributed by atoms with van der Waals surface area (Å²) in [6, 6.07) is 8.27. The Hall–Kier alpha value is -1.39. The van der Waals surface area contributed by atoms with Gasteiger partial charge in [-0.25, -0.2) is 0 Å². The molecule has 0 aliphatic heterocycles. The van der Waals surface area contributed by atoms with Gasteiger partial charge in [-0.05, 0) is 12.0 Å². The Morgan fingerprint density at radius 2 is 2.06 bits per heavy atom. The van der Waals surface area contributed by atoms with Gasteiger partial charge in [0.25, 0.3) is 0 Å². The topological polar surface area (TPSA) is 75.3 Å². The number of nitrogens with one attached hydrogen (secondary N) is 1. The van der Waals surface area contributed by atoms with Crippen molar-refractivity contribution in [2.45, 2.75) is 25.4 Å². The second-order valence-electron chi connectivity index (χ2n) is 3.68. The summed E-state index contributed by atoms with van der Waals surface area (Å²) in [6.07, 6.45) is 0.684. The average molecular weight is 222 g/mol. The molecule has 88 valence electrons. The molecule has 1 aromatic carbocycles. The minimum absolute atomic E-state index is 0.0657. The van der Waals surface area contributed by atoms with E-state index in [4.69, 9.17) is 10.8 Å². The van der Waals surface area contributed by atoms with Gasteiger partial charge in [0.15, 0.2) is 0 Å². The van der Waals surface area contributed by atoms with Crippen LogP contribution in [0.25, 0.3) is 0 Å². The zero-order valence-electron chi connectivity index (χ0n) is 9.39. The highest BCUT2D eigenvalue weighted by Crippen LogP contribution is 2.09. The Morgan fingerprint density at radius 1 is 1.44 bits per heavy atom. The van der Waals surface area contributed by atoms with E-state index in [2.05, 4.69) is 5.32 Å². The third kappa shape index (κ3) is 3.32. The van der Waals surface area contributed by atoms with Crippen LogP contribution in [0.2, 0.25) is 0 Å². The molecule has 0 heterocycles. The summed E-state index contributed by atoms with van der Waals surface area (Å²) >= 11 is 0. The summed E-state index contributed by atoms with van der Waals surface area (Å²) in [4.78, 5) is 11.7. The SMILES string of the molecule is CC[C@@H](CO)NC(=O)[C@@H](N)c1ccccc1. The van der Waals surface area contributed by atoms with Crippen molar-refractivity contribution in [3.8, 4) is 0 Å². The number of rotatable bonds is 5. The standard InChI is InChI=1S/C12H18N2O2/c1-2-10(8-15)14-12(16)11(13)9-6-4-3-5-7-9/h3-7,10-11,15H,2,8,13H2,1H3,(H,14,16)/t10-,11-/m0/s1. The van der Waals surface area contributed by atoms with E-state index in [-0.39, 0.29) is 18.6 Å². The maximum atomic E-state index is 11.7. The summed E-state index contributed by atoms with van der Waals surface area (Å²) < 4.78 is 0. The Labute approximate surface area is 95.5 Å². The van der Waals surface area contributed by atoms with Crippen molar-refractivity contribution in [2.24, 2.45) is 5.73 Å². The predicted octanol–water partition coefficient (Wildman–Crippen LogP) is 0.573. The van der Waals surface area contributed by atoms with Crippen molar-refractivity contribution in [3.63, 3.8) is 0 Å². The summed E-state index contributed by atoms with van der Waals surface area (Å²) in [5.74, 6) is -0.257. The van der Waals surface area contributed by atoms with Crippen molar-refractivity contribution >= 4 is 5.91 Å². The maximum absolute atomic E-state index is 11.7. The number of aliphatic hydroxyl groups excluding tert-OH is 1. The minimum atomic E-state index is -0.679. The van der Waals surface area contributed by atoms with Crippen molar-refractivity contribution in [1.82, 2.24) is 5.32 Å². The van der Waals surface area contributed by atoms with Crippen LogP contribution in [-0.4, -0.2) is 23.7 Å². The Morgan fingerprint density at radius 3 is 2.56 bits per heavy atom. The summed E-state index contributed by atoms with van der Waals surface area (Å²) in [5, 5.41) is 11.7. The summed E-state index contributed by atoms with van der Waals surface area (Å²) in [5.41, 5.74) is 6.57. The molecule has 4 heteroatoms. The number of carbonyl (C=O) groups is 1. The number of hydrogen-bond donors (Lipinski definition) is 3. The molecule has 0 aliphatic carbocycles. The van der Waals surface area contributed by atoms with Gasteiger partial charge in [-0.2, -0.15) is 0 Å². The van der Waals surface area contributed by atoms with Crippen LogP contribution >= 0.6 is 0 Å². The monoisotopic (exact) mass is 222 g/mol. The molecule has 1 aromatic rings. The Bertz CT molecular complexity index is 323. The molecule has 0 unspecified atom stereocenters. The highest BCUT2D eigenvalue weighted by atomic mass is 16.3. The zero-order chi connectivity index (χ0) is 12.0. The molecule has 4 nitrogen and oxygen atoms in total. The third-order valence-corrected chi connectivity index (χ3v) is 2.50. The van der Waals surface area contributed by atoms with Gasteiger partial charge in [0.2, 0.25) is 5.91 Å². The molecular formula is C12H18N2O2. The van der Waals surface area contributed by atoms with Crippen molar-refractivity contribution in [1.29, 1.82) is 0 Å². The van der Waals surface area contributed by atoms with Crippen molar-refractivity contribution < 1.29 is 9.90 Å². The van der Waals surface area contributed by atoms with E-state index >= 15 is 0 Å². The molecule has 0 bridgehead atoms. The van der Waals surface area contributed by atoms with E-state index < -0.39 is 6.04 Å². The van der Waals surface area contributed by atoms with Crippen molar-refractivity contribution in [2.75, 3.05) is 6.61 Å². The van der Waals surface area contributed by atoms with Crippen molar-refractivity contribution in [3.05, 3.63) is 35.9 Å². The van der Waals surface area contributed by atoms with E-state index in [1.165, 1.54) is 0 Å². The smallest absolute Gasteiger partial charge is 0.241 e. The molecule has 0 fully saturated rings. The first-order valence-electron chi connectivity index (χ1n) is 5.40. The predicted molar refractivity (Wildman–Crippen MR) is 62.7 cm³/mol. The first-order chi connectivity index (χ1) is 7.69. The molecule has 0 spiro atoms. The molecular weight excluding hydrogens is 204 g/mol. The van der Waals surface area contributed by atoms with Crippen LogP contribution in [-0.2, 0) is 4.79 Å². The van der Waals surface area contributed by atoms with Crippen LogP contribution < -0.4 is 11.1 Å². The fourth-order valence-corrected chi connectivity index (χ4v) is 1.38. The molecule has 0 saturated heterocycles. The quantitative estimate of drug-likeness (QED) is 0.682. The Balaban J connectivity index is 2.61. The normalized spacial score (nSPS) is 14.2. The van der Waals surface area contributed by atoms with Crippen LogP contribution in [0.4, 0.5) is 0 Å². The second-order valence-corrected chi connectivity index (χ2v) is 3.68. The lowest BCUT2D eigenvalue weighted by atomic mass is 10.1. The number of nitrogens with two attached hydrogens (primary N) is 1. The molecule has 16 heavy (non-hydrogen) atoms. The third-order valence-electron chi connectivity index (χ3n) is 2.50. The Kier molecular flexibility index (Phi) is 4.95. The first-order valence-corrected chi connectivity index (χ1v) is 5.40. The zero-order valence-corrected chi connectivity index (χ0v) is 9.39.